The Morgan fingerprint density at radius 3 is 2.58 bits per heavy atom. The molecule has 0 unspecified atom stereocenters. The Kier molecular flexibility index (Phi) is 6.52. The molecule has 0 spiro atoms. The van der Waals surface area contributed by atoms with Crippen LogP contribution in [0.5, 0.6) is 0 Å². The lowest BCUT2D eigenvalue weighted by Gasteiger charge is -2.36. The highest BCUT2D eigenvalue weighted by Gasteiger charge is 2.19. The first-order chi connectivity index (χ1) is 12.6. The molecular formula is C19H27ClN6. The predicted molar refractivity (Wildman–Crippen MR) is 110 cm³/mol. The van der Waals surface area contributed by atoms with E-state index in [4.69, 9.17) is 11.6 Å². The van der Waals surface area contributed by atoms with Gasteiger partial charge in [0.15, 0.2) is 0 Å². The summed E-state index contributed by atoms with van der Waals surface area (Å²) in [6, 6.07) is 10.1. The largest absolute Gasteiger partial charge is 0.370 e. The van der Waals surface area contributed by atoms with Gasteiger partial charge in [-0.2, -0.15) is 0 Å². The summed E-state index contributed by atoms with van der Waals surface area (Å²) in [5.74, 6) is 1.88. The lowest BCUT2D eigenvalue weighted by Crippen LogP contribution is -2.46. The van der Waals surface area contributed by atoms with Crippen LogP contribution in [0, 0.1) is 0 Å². The number of nitrogens with one attached hydrogen (secondary N) is 1. The normalized spacial score (nSPS) is 14.8. The van der Waals surface area contributed by atoms with E-state index < -0.39 is 0 Å². The fourth-order valence-electron chi connectivity index (χ4n) is 3.09. The van der Waals surface area contributed by atoms with Crippen molar-refractivity contribution in [1.82, 2.24) is 14.9 Å². The maximum Gasteiger partial charge on any atom is 0.134 e. The van der Waals surface area contributed by atoms with Crippen molar-refractivity contribution in [3.63, 3.8) is 0 Å². The Balaban J connectivity index is 1.53. The summed E-state index contributed by atoms with van der Waals surface area (Å²) < 4.78 is 0. The van der Waals surface area contributed by atoms with Gasteiger partial charge in [0, 0.05) is 49.5 Å². The van der Waals surface area contributed by atoms with E-state index in [0.717, 1.165) is 62.3 Å². The van der Waals surface area contributed by atoms with Crippen molar-refractivity contribution in [2.24, 2.45) is 0 Å². The third kappa shape index (κ3) is 5.22. The molecule has 26 heavy (non-hydrogen) atoms. The van der Waals surface area contributed by atoms with Crippen LogP contribution in [0.1, 0.15) is 6.42 Å². The number of rotatable bonds is 7. The quantitative estimate of drug-likeness (QED) is 0.752. The van der Waals surface area contributed by atoms with Gasteiger partial charge in [-0.3, -0.25) is 0 Å². The number of benzene rings is 1. The minimum Gasteiger partial charge on any atom is -0.370 e. The average molecular weight is 375 g/mol. The van der Waals surface area contributed by atoms with E-state index in [1.54, 1.807) is 6.33 Å². The fraction of sp³-hybridized carbons (Fsp3) is 0.474. The summed E-state index contributed by atoms with van der Waals surface area (Å²) in [6.07, 6.45) is 2.73. The van der Waals surface area contributed by atoms with Gasteiger partial charge in [-0.1, -0.05) is 17.7 Å². The SMILES string of the molecule is CN(C)CCCNc1cc(N2CCN(c3cccc(Cl)c3)CC2)ncn1. The monoisotopic (exact) mass is 374 g/mol. The lowest BCUT2D eigenvalue weighted by molar-refractivity contribution is 0.405. The van der Waals surface area contributed by atoms with Crippen molar-refractivity contribution in [2.45, 2.75) is 6.42 Å². The molecule has 1 fully saturated rings. The molecule has 1 aliphatic rings. The molecule has 3 rings (SSSR count). The molecule has 1 aromatic carbocycles. The number of nitrogens with zero attached hydrogens (tertiary/aromatic N) is 5. The van der Waals surface area contributed by atoms with Crippen LogP contribution < -0.4 is 15.1 Å². The molecule has 1 aromatic heterocycles. The molecule has 0 aliphatic carbocycles. The van der Waals surface area contributed by atoms with E-state index >= 15 is 0 Å². The number of anilines is 3. The second-order valence-corrected chi connectivity index (χ2v) is 7.24. The highest BCUT2D eigenvalue weighted by atomic mass is 35.5. The van der Waals surface area contributed by atoms with Gasteiger partial charge in [0.25, 0.3) is 0 Å². The first-order valence-corrected chi connectivity index (χ1v) is 9.46. The first-order valence-electron chi connectivity index (χ1n) is 9.08. The van der Waals surface area contributed by atoms with E-state index in [9.17, 15) is 0 Å². The third-order valence-electron chi connectivity index (χ3n) is 4.52. The highest BCUT2D eigenvalue weighted by Crippen LogP contribution is 2.22. The van der Waals surface area contributed by atoms with E-state index in [1.807, 2.05) is 24.3 Å². The van der Waals surface area contributed by atoms with E-state index in [1.165, 1.54) is 5.69 Å². The number of hydrogen-bond donors (Lipinski definition) is 1. The van der Waals surface area contributed by atoms with Gasteiger partial charge in [-0.15, -0.1) is 0 Å². The Morgan fingerprint density at radius 2 is 1.85 bits per heavy atom. The van der Waals surface area contributed by atoms with Crippen LogP contribution >= 0.6 is 11.6 Å². The van der Waals surface area contributed by atoms with Crippen molar-refractivity contribution < 1.29 is 0 Å². The molecule has 0 atom stereocenters. The predicted octanol–water partition coefficient (Wildman–Crippen LogP) is 2.82. The summed E-state index contributed by atoms with van der Waals surface area (Å²) >= 11 is 6.11. The number of aromatic nitrogens is 2. The van der Waals surface area contributed by atoms with Crippen LogP contribution in [0.25, 0.3) is 0 Å². The van der Waals surface area contributed by atoms with E-state index in [2.05, 4.69) is 50.1 Å². The van der Waals surface area contributed by atoms with Crippen molar-refractivity contribution in [3.05, 3.63) is 41.7 Å². The smallest absolute Gasteiger partial charge is 0.134 e. The van der Waals surface area contributed by atoms with Gasteiger partial charge < -0.3 is 20.0 Å². The second kappa shape index (κ2) is 9.05. The maximum atomic E-state index is 6.11. The van der Waals surface area contributed by atoms with Gasteiger partial charge in [-0.25, -0.2) is 9.97 Å². The van der Waals surface area contributed by atoms with Crippen molar-refractivity contribution in [2.75, 3.05) is 68.5 Å². The molecular weight excluding hydrogens is 348 g/mol. The number of hydrogen-bond acceptors (Lipinski definition) is 6. The molecule has 140 valence electrons. The molecule has 1 aliphatic heterocycles. The maximum absolute atomic E-state index is 6.11. The minimum absolute atomic E-state index is 0.783. The standard InChI is InChI=1S/C19H27ClN6/c1-24(2)8-4-7-21-18-14-19(23-15-22-18)26-11-9-25(10-12-26)17-6-3-5-16(20)13-17/h3,5-6,13-15H,4,7-12H2,1-2H3,(H,21,22,23). The molecule has 0 radical (unpaired) electrons. The summed E-state index contributed by atoms with van der Waals surface area (Å²) in [4.78, 5) is 15.7. The van der Waals surface area contributed by atoms with Crippen LogP contribution in [-0.2, 0) is 0 Å². The highest BCUT2D eigenvalue weighted by molar-refractivity contribution is 6.30. The molecule has 7 heteroatoms. The molecule has 2 aromatic rings. The molecule has 1 N–H and O–H groups in total. The molecule has 0 bridgehead atoms. The van der Waals surface area contributed by atoms with Crippen LogP contribution in [0.3, 0.4) is 0 Å². The van der Waals surface area contributed by atoms with Crippen molar-refractivity contribution in [3.8, 4) is 0 Å². The zero-order valence-electron chi connectivity index (χ0n) is 15.5. The second-order valence-electron chi connectivity index (χ2n) is 6.80. The fourth-order valence-corrected chi connectivity index (χ4v) is 3.28. The average Bonchev–Trinajstić information content (AvgIpc) is 2.65. The van der Waals surface area contributed by atoms with Gasteiger partial charge in [0.1, 0.15) is 18.0 Å². The number of halogens is 1. The van der Waals surface area contributed by atoms with Crippen LogP contribution in [0.15, 0.2) is 36.7 Å². The van der Waals surface area contributed by atoms with Gasteiger partial charge in [0.05, 0.1) is 0 Å². The third-order valence-corrected chi connectivity index (χ3v) is 4.75. The molecule has 6 nitrogen and oxygen atoms in total. The summed E-state index contributed by atoms with van der Waals surface area (Å²) in [7, 11) is 4.18. The summed E-state index contributed by atoms with van der Waals surface area (Å²) in [5.41, 5.74) is 1.18. The van der Waals surface area contributed by atoms with Gasteiger partial charge in [0.2, 0.25) is 0 Å². The molecule has 1 saturated heterocycles. The van der Waals surface area contributed by atoms with Crippen LogP contribution in [-0.4, -0.2) is 68.2 Å². The topological polar surface area (TPSA) is 47.5 Å². The Bertz CT molecular complexity index is 700. The number of piperazine rings is 1. The Labute approximate surface area is 160 Å². The van der Waals surface area contributed by atoms with Crippen LogP contribution in [0.4, 0.5) is 17.3 Å². The van der Waals surface area contributed by atoms with E-state index in [0.29, 0.717) is 0 Å². The minimum atomic E-state index is 0.783. The van der Waals surface area contributed by atoms with Crippen LogP contribution in [0.2, 0.25) is 5.02 Å². The molecule has 0 saturated carbocycles. The summed E-state index contributed by atoms with van der Waals surface area (Å²) in [5, 5.41) is 4.17. The zero-order chi connectivity index (χ0) is 18.4. The Morgan fingerprint density at radius 1 is 1.08 bits per heavy atom. The lowest BCUT2D eigenvalue weighted by atomic mass is 10.2. The molecule has 2 heterocycles. The van der Waals surface area contributed by atoms with E-state index in [-0.39, 0.29) is 0 Å². The van der Waals surface area contributed by atoms with Gasteiger partial charge >= 0.3 is 0 Å². The van der Waals surface area contributed by atoms with Gasteiger partial charge in [-0.05, 0) is 45.3 Å². The van der Waals surface area contributed by atoms with Crippen molar-refractivity contribution in [1.29, 1.82) is 0 Å². The zero-order valence-corrected chi connectivity index (χ0v) is 16.3. The first kappa shape index (κ1) is 18.7. The Hall–Kier alpha value is -2.05. The summed E-state index contributed by atoms with van der Waals surface area (Å²) in [6.45, 7) is 5.76. The van der Waals surface area contributed by atoms with Crippen molar-refractivity contribution >= 4 is 28.9 Å². The molecule has 0 amide bonds.